The molecule has 23 heavy (non-hydrogen) atoms. The van der Waals surface area contributed by atoms with Gasteiger partial charge in [-0.25, -0.2) is 4.79 Å². The van der Waals surface area contributed by atoms with Gasteiger partial charge >= 0.3 is 5.97 Å². The highest BCUT2D eigenvalue weighted by atomic mass is 16.5. The van der Waals surface area contributed by atoms with Gasteiger partial charge in [-0.15, -0.1) is 0 Å². The smallest absolute Gasteiger partial charge is 0.335 e. The Hall–Kier alpha value is -3.22. The van der Waals surface area contributed by atoms with Gasteiger partial charge in [0.05, 0.1) is 19.8 Å². The summed E-state index contributed by atoms with van der Waals surface area (Å²) in [6, 6.07) is 8.16. The first-order chi connectivity index (χ1) is 11.0. The Labute approximate surface area is 132 Å². The summed E-state index contributed by atoms with van der Waals surface area (Å²) in [6.07, 6.45) is 0. The largest absolute Gasteiger partial charge is 0.872 e. The van der Waals surface area contributed by atoms with Crippen LogP contribution in [0.4, 0.5) is 5.69 Å². The number of hydrogen-bond acceptors (Lipinski definition) is 5. The van der Waals surface area contributed by atoms with E-state index in [4.69, 9.17) is 14.6 Å². The monoisotopic (exact) mass is 316 g/mol. The first-order valence-corrected chi connectivity index (χ1v) is 6.54. The molecule has 7 nitrogen and oxygen atoms in total. The number of carboxylic acid groups (broad SMARTS) is 1. The number of amides is 1. The number of carbonyl (C=O) groups excluding carboxylic acids is 1. The molecule has 0 bridgehead atoms. The number of hydrogen-bond donors (Lipinski definition) is 2. The molecule has 2 N–H and O–H groups in total. The van der Waals surface area contributed by atoms with E-state index in [0.29, 0.717) is 17.1 Å². The van der Waals surface area contributed by atoms with Gasteiger partial charge in [0.15, 0.2) is 11.5 Å². The van der Waals surface area contributed by atoms with Crippen LogP contribution in [0.5, 0.6) is 17.2 Å². The fraction of sp³-hybridized carbons (Fsp3) is 0.125. The van der Waals surface area contributed by atoms with Gasteiger partial charge in [-0.1, -0.05) is 11.8 Å². The molecule has 2 aromatic carbocycles. The highest BCUT2D eigenvalue weighted by Crippen LogP contribution is 2.28. The number of anilines is 1. The van der Waals surface area contributed by atoms with E-state index in [1.54, 1.807) is 6.07 Å². The molecule has 0 aromatic heterocycles. The standard InChI is InChI=1S/C16H15NO6/c1-22-13-6-3-9(7-14(13)23-2)15(19)17-10-4-5-12(18)11(8-10)16(20)21/h3-8,18H,1-2H3,(H,17,19)(H,20,21)/p-1. The second-order valence-electron chi connectivity index (χ2n) is 4.54. The summed E-state index contributed by atoms with van der Waals surface area (Å²) >= 11 is 0. The minimum Gasteiger partial charge on any atom is -0.872 e. The lowest BCUT2D eigenvalue weighted by Crippen LogP contribution is -2.13. The molecule has 1 amide bonds. The molecule has 0 saturated carbocycles. The predicted octanol–water partition coefficient (Wildman–Crippen LogP) is 1.73. The molecule has 120 valence electrons. The zero-order chi connectivity index (χ0) is 17.0. The molecule has 0 aliphatic heterocycles. The topological polar surface area (TPSA) is 108 Å². The first-order valence-electron chi connectivity index (χ1n) is 6.54. The molecule has 0 spiro atoms. The van der Waals surface area contributed by atoms with Crippen molar-refractivity contribution in [2.75, 3.05) is 19.5 Å². The van der Waals surface area contributed by atoms with Gasteiger partial charge in [0.2, 0.25) is 0 Å². The van der Waals surface area contributed by atoms with Crippen LogP contribution in [0, 0.1) is 0 Å². The Morgan fingerprint density at radius 2 is 1.74 bits per heavy atom. The van der Waals surface area contributed by atoms with Crippen molar-refractivity contribution in [1.29, 1.82) is 0 Å². The van der Waals surface area contributed by atoms with Crippen LogP contribution in [0.3, 0.4) is 0 Å². The van der Waals surface area contributed by atoms with E-state index >= 15 is 0 Å². The molecule has 0 radical (unpaired) electrons. The molecule has 0 aliphatic carbocycles. The van der Waals surface area contributed by atoms with Gasteiger partial charge < -0.3 is 25.0 Å². The van der Waals surface area contributed by atoms with Crippen LogP contribution in [-0.4, -0.2) is 31.2 Å². The van der Waals surface area contributed by atoms with E-state index in [9.17, 15) is 14.7 Å². The number of ether oxygens (including phenoxy) is 2. The third kappa shape index (κ3) is 3.52. The molecule has 0 saturated heterocycles. The average Bonchev–Trinajstić information content (AvgIpc) is 2.55. The van der Waals surface area contributed by atoms with E-state index in [-0.39, 0.29) is 5.69 Å². The lowest BCUT2D eigenvalue weighted by atomic mass is 10.1. The Kier molecular flexibility index (Phi) is 4.70. The SMILES string of the molecule is COc1ccc(C(=O)Nc2ccc([O-])c(C(=O)O)c2)cc1OC. The van der Waals surface area contributed by atoms with Crippen LogP contribution in [-0.2, 0) is 0 Å². The summed E-state index contributed by atoms with van der Waals surface area (Å²) in [4.78, 5) is 23.2. The Balaban J connectivity index is 2.25. The second-order valence-corrected chi connectivity index (χ2v) is 4.54. The number of carbonyl (C=O) groups is 2. The predicted molar refractivity (Wildman–Crippen MR) is 80.3 cm³/mol. The van der Waals surface area contributed by atoms with E-state index < -0.39 is 23.2 Å². The quantitative estimate of drug-likeness (QED) is 0.869. The van der Waals surface area contributed by atoms with Gasteiger partial charge in [0.1, 0.15) is 0 Å². The number of rotatable bonds is 5. The van der Waals surface area contributed by atoms with Gasteiger partial charge in [-0.3, -0.25) is 4.79 Å². The van der Waals surface area contributed by atoms with Crippen molar-refractivity contribution in [3.8, 4) is 17.2 Å². The number of methoxy groups -OCH3 is 2. The number of carboxylic acids is 1. The molecule has 0 fully saturated rings. The lowest BCUT2D eigenvalue weighted by Gasteiger charge is -2.13. The summed E-state index contributed by atoms with van der Waals surface area (Å²) in [7, 11) is 2.93. The third-order valence-corrected chi connectivity index (χ3v) is 3.11. The molecule has 0 aliphatic rings. The summed E-state index contributed by atoms with van der Waals surface area (Å²) in [5.74, 6) is -1.58. The molecule has 7 heteroatoms. The second kappa shape index (κ2) is 6.69. The fourth-order valence-corrected chi connectivity index (χ4v) is 1.96. The van der Waals surface area contributed by atoms with E-state index in [1.807, 2.05) is 0 Å². The summed E-state index contributed by atoms with van der Waals surface area (Å²) in [6.45, 7) is 0. The third-order valence-electron chi connectivity index (χ3n) is 3.11. The maximum atomic E-state index is 12.2. The van der Waals surface area contributed by atoms with Gasteiger partial charge in [-0.2, -0.15) is 0 Å². The lowest BCUT2D eigenvalue weighted by molar-refractivity contribution is -0.268. The molecular formula is C16H14NO6-. The molecule has 2 aromatic rings. The van der Waals surface area contributed by atoms with Crippen LogP contribution in [0.15, 0.2) is 36.4 Å². The minimum atomic E-state index is -1.35. The van der Waals surface area contributed by atoms with Crippen molar-refractivity contribution in [2.45, 2.75) is 0 Å². The Morgan fingerprint density at radius 1 is 1.04 bits per heavy atom. The minimum absolute atomic E-state index is 0.210. The van der Waals surface area contributed by atoms with Crippen LogP contribution in [0.1, 0.15) is 20.7 Å². The maximum Gasteiger partial charge on any atom is 0.335 e. The fourth-order valence-electron chi connectivity index (χ4n) is 1.96. The zero-order valence-corrected chi connectivity index (χ0v) is 12.5. The molecule has 0 atom stereocenters. The van der Waals surface area contributed by atoms with E-state index in [2.05, 4.69) is 5.32 Å². The van der Waals surface area contributed by atoms with Crippen LogP contribution < -0.4 is 19.9 Å². The van der Waals surface area contributed by atoms with Crippen molar-refractivity contribution >= 4 is 17.6 Å². The molecule has 0 heterocycles. The number of benzene rings is 2. The molecule has 0 unspecified atom stereocenters. The summed E-state index contributed by atoms with van der Waals surface area (Å²) in [5, 5.41) is 22.9. The molecule has 2 rings (SSSR count). The Morgan fingerprint density at radius 3 is 2.35 bits per heavy atom. The van der Waals surface area contributed by atoms with Crippen molar-refractivity contribution in [1.82, 2.24) is 0 Å². The summed E-state index contributed by atoms with van der Waals surface area (Å²) in [5.41, 5.74) is 0.0996. The Bertz CT molecular complexity index is 756. The molecular weight excluding hydrogens is 302 g/mol. The van der Waals surface area contributed by atoms with Gasteiger partial charge in [0, 0.05) is 11.3 Å². The van der Waals surface area contributed by atoms with E-state index in [0.717, 1.165) is 12.1 Å². The van der Waals surface area contributed by atoms with Crippen molar-refractivity contribution < 1.29 is 29.3 Å². The average molecular weight is 316 g/mol. The first kappa shape index (κ1) is 16.2. The van der Waals surface area contributed by atoms with Crippen LogP contribution >= 0.6 is 0 Å². The summed E-state index contributed by atoms with van der Waals surface area (Å²) < 4.78 is 10.2. The van der Waals surface area contributed by atoms with Gasteiger partial charge in [-0.05, 0) is 30.3 Å². The zero-order valence-electron chi connectivity index (χ0n) is 12.5. The van der Waals surface area contributed by atoms with Crippen molar-refractivity contribution in [3.05, 3.63) is 47.5 Å². The van der Waals surface area contributed by atoms with Crippen molar-refractivity contribution in [2.24, 2.45) is 0 Å². The maximum absolute atomic E-state index is 12.2. The normalized spacial score (nSPS) is 10.0. The number of aromatic carboxylic acids is 1. The van der Waals surface area contributed by atoms with Gasteiger partial charge in [0.25, 0.3) is 5.91 Å². The van der Waals surface area contributed by atoms with Crippen LogP contribution in [0.25, 0.3) is 0 Å². The highest BCUT2D eigenvalue weighted by molar-refractivity contribution is 6.05. The van der Waals surface area contributed by atoms with Crippen molar-refractivity contribution in [3.63, 3.8) is 0 Å². The number of nitrogens with one attached hydrogen (secondary N) is 1. The van der Waals surface area contributed by atoms with E-state index in [1.165, 1.54) is 32.4 Å². The highest BCUT2D eigenvalue weighted by Gasteiger charge is 2.12. The van der Waals surface area contributed by atoms with Crippen LogP contribution in [0.2, 0.25) is 0 Å².